The molecule has 1 aliphatic rings. The number of nitrogens with zero attached hydrogens (tertiary/aromatic N) is 1. The molecule has 1 aromatic carbocycles. The van der Waals surface area contributed by atoms with Crippen LogP contribution in [0.25, 0.3) is 10.9 Å². The molecular formula is C18H21NO2. The first-order chi connectivity index (χ1) is 10.3. The third-order valence-corrected chi connectivity index (χ3v) is 4.47. The number of rotatable bonds is 3. The van der Waals surface area contributed by atoms with Crippen molar-refractivity contribution >= 4 is 16.9 Å². The molecule has 0 atom stereocenters. The number of para-hydroxylation sites is 1. The number of benzene rings is 1. The Labute approximate surface area is 125 Å². The van der Waals surface area contributed by atoms with Crippen LogP contribution in [-0.4, -0.2) is 17.6 Å². The monoisotopic (exact) mass is 283 g/mol. The maximum Gasteiger partial charge on any atom is 0.308 e. The van der Waals surface area contributed by atoms with E-state index in [1.807, 2.05) is 19.2 Å². The Morgan fingerprint density at radius 1 is 1.19 bits per heavy atom. The number of hydrogen-bond acceptors (Lipinski definition) is 3. The number of aromatic nitrogens is 1. The number of carbonyl (C=O) groups is 1. The molecule has 0 saturated heterocycles. The van der Waals surface area contributed by atoms with E-state index in [0.29, 0.717) is 12.5 Å². The highest BCUT2D eigenvalue weighted by Gasteiger charge is 2.28. The lowest BCUT2D eigenvalue weighted by Crippen LogP contribution is -2.23. The summed E-state index contributed by atoms with van der Waals surface area (Å²) >= 11 is 0. The molecule has 0 aliphatic heterocycles. The maximum atomic E-state index is 11.8. The fourth-order valence-corrected chi connectivity index (χ4v) is 3.37. The number of pyridine rings is 1. The van der Waals surface area contributed by atoms with Crippen molar-refractivity contribution in [2.24, 2.45) is 5.92 Å². The van der Waals surface area contributed by atoms with Crippen molar-refractivity contribution in [1.29, 1.82) is 0 Å². The molecule has 1 aromatic heterocycles. The van der Waals surface area contributed by atoms with Gasteiger partial charge in [0.2, 0.25) is 0 Å². The summed E-state index contributed by atoms with van der Waals surface area (Å²) in [5, 5.41) is 1.25. The van der Waals surface area contributed by atoms with Gasteiger partial charge in [0.15, 0.2) is 0 Å². The van der Waals surface area contributed by atoms with Gasteiger partial charge in [-0.3, -0.25) is 9.78 Å². The number of fused-ring (bicyclic) bond motifs is 1. The minimum atomic E-state index is -0.0180. The average Bonchev–Trinajstić information content (AvgIpc) is 2.55. The standard InChI is InChI=1S/C18H21NO2/c1-2-21-18(20)14-9-7-13(8-10-14)15-11-12-19-17-6-4-3-5-16(15)17/h3-6,11-14H,2,7-10H2,1H3/t13-,14+. The Bertz CT molecular complexity index is 625. The molecule has 0 amide bonds. The molecule has 0 N–H and O–H groups in total. The third-order valence-electron chi connectivity index (χ3n) is 4.47. The van der Waals surface area contributed by atoms with Crippen LogP contribution >= 0.6 is 0 Å². The van der Waals surface area contributed by atoms with Crippen LogP contribution in [0.4, 0.5) is 0 Å². The van der Waals surface area contributed by atoms with E-state index in [4.69, 9.17) is 4.74 Å². The highest BCUT2D eigenvalue weighted by atomic mass is 16.5. The van der Waals surface area contributed by atoms with Crippen LogP contribution in [0.3, 0.4) is 0 Å². The van der Waals surface area contributed by atoms with E-state index in [1.54, 1.807) is 0 Å². The zero-order valence-electron chi connectivity index (χ0n) is 12.4. The molecule has 110 valence electrons. The predicted octanol–water partition coefficient (Wildman–Crippen LogP) is 4.07. The zero-order valence-corrected chi connectivity index (χ0v) is 12.4. The summed E-state index contributed by atoms with van der Waals surface area (Å²) in [6, 6.07) is 10.4. The van der Waals surface area contributed by atoms with Crippen LogP contribution in [0.5, 0.6) is 0 Å². The molecule has 0 unspecified atom stereocenters. The molecule has 1 aliphatic carbocycles. The Morgan fingerprint density at radius 3 is 2.71 bits per heavy atom. The van der Waals surface area contributed by atoms with E-state index >= 15 is 0 Å². The molecule has 1 saturated carbocycles. The lowest BCUT2D eigenvalue weighted by atomic mass is 9.78. The summed E-state index contributed by atoms with van der Waals surface area (Å²) in [6.07, 6.45) is 5.87. The summed E-state index contributed by atoms with van der Waals surface area (Å²) in [5.41, 5.74) is 2.44. The van der Waals surface area contributed by atoms with Crippen molar-refractivity contribution in [3.8, 4) is 0 Å². The second kappa shape index (κ2) is 6.25. The quantitative estimate of drug-likeness (QED) is 0.797. The Balaban J connectivity index is 1.76. The van der Waals surface area contributed by atoms with Crippen LogP contribution in [0, 0.1) is 5.92 Å². The van der Waals surface area contributed by atoms with Crippen molar-refractivity contribution in [3.63, 3.8) is 0 Å². The molecule has 1 fully saturated rings. The topological polar surface area (TPSA) is 39.2 Å². The van der Waals surface area contributed by atoms with E-state index in [0.717, 1.165) is 31.2 Å². The van der Waals surface area contributed by atoms with Gasteiger partial charge in [0.1, 0.15) is 0 Å². The molecule has 0 bridgehead atoms. The van der Waals surface area contributed by atoms with Crippen LogP contribution in [-0.2, 0) is 9.53 Å². The summed E-state index contributed by atoms with van der Waals surface area (Å²) in [5.74, 6) is 0.605. The summed E-state index contributed by atoms with van der Waals surface area (Å²) in [6.45, 7) is 2.35. The van der Waals surface area contributed by atoms with Gasteiger partial charge in [0.05, 0.1) is 18.0 Å². The summed E-state index contributed by atoms with van der Waals surface area (Å²) in [7, 11) is 0. The minimum Gasteiger partial charge on any atom is -0.466 e. The molecule has 3 heteroatoms. The first kappa shape index (κ1) is 14.1. The summed E-state index contributed by atoms with van der Waals surface area (Å²) < 4.78 is 5.14. The van der Waals surface area contributed by atoms with Crippen molar-refractivity contribution in [3.05, 3.63) is 42.1 Å². The second-order valence-electron chi connectivity index (χ2n) is 5.72. The zero-order chi connectivity index (χ0) is 14.7. The van der Waals surface area contributed by atoms with Crippen LogP contribution < -0.4 is 0 Å². The van der Waals surface area contributed by atoms with Crippen molar-refractivity contribution < 1.29 is 9.53 Å². The van der Waals surface area contributed by atoms with Crippen molar-refractivity contribution in [2.45, 2.75) is 38.5 Å². The molecule has 3 nitrogen and oxygen atoms in total. The molecule has 2 aromatic rings. The predicted molar refractivity (Wildman–Crippen MR) is 83.1 cm³/mol. The largest absolute Gasteiger partial charge is 0.466 e. The van der Waals surface area contributed by atoms with Gasteiger partial charge in [0, 0.05) is 11.6 Å². The van der Waals surface area contributed by atoms with E-state index in [1.165, 1.54) is 10.9 Å². The fraction of sp³-hybridized carbons (Fsp3) is 0.444. The molecule has 21 heavy (non-hydrogen) atoms. The smallest absolute Gasteiger partial charge is 0.308 e. The van der Waals surface area contributed by atoms with Gasteiger partial charge in [-0.25, -0.2) is 0 Å². The van der Waals surface area contributed by atoms with E-state index in [9.17, 15) is 4.79 Å². The van der Waals surface area contributed by atoms with E-state index in [-0.39, 0.29) is 11.9 Å². The van der Waals surface area contributed by atoms with Crippen LogP contribution in [0.1, 0.15) is 44.1 Å². The number of carbonyl (C=O) groups excluding carboxylic acids is 1. The lowest BCUT2D eigenvalue weighted by Gasteiger charge is -2.28. The van der Waals surface area contributed by atoms with Gasteiger partial charge in [-0.05, 0) is 56.2 Å². The summed E-state index contributed by atoms with van der Waals surface area (Å²) in [4.78, 5) is 16.3. The Kier molecular flexibility index (Phi) is 4.18. The first-order valence-corrected chi connectivity index (χ1v) is 7.80. The van der Waals surface area contributed by atoms with Gasteiger partial charge in [-0.15, -0.1) is 0 Å². The molecule has 1 heterocycles. The molecular weight excluding hydrogens is 262 g/mol. The van der Waals surface area contributed by atoms with Crippen molar-refractivity contribution in [1.82, 2.24) is 4.98 Å². The van der Waals surface area contributed by atoms with Gasteiger partial charge < -0.3 is 4.74 Å². The van der Waals surface area contributed by atoms with Gasteiger partial charge in [-0.1, -0.05) is 18.2 Å². The highest BCUT2D eigenvalue weighted by molar-refractivity contribution is 5.82. The molecule has 0 radical (unpaired) electrons. The first-order valence-electron chi connectivity index (χ1n) is 7.80. The Hall–Kier alpha value is -1.90. The Morgan fingerprint density at radius 2 is 1.95 bits per heavy atom. The molecule has 3 rings (SSSR count). The van der Waals surface area contributed by atoms with Crippen LogP contribution in [0.15, 0.2) is 36.5 Å². The number of hydrogen-bond donors (Lipinski definition) is 0. The number of ether oxygens (including phenoxy) is 1. The van der Waals surface area contributed by atoms with Crippen LogP contribution in [0.2, 0.25) is 0 Å². The SMILES string of the molecule is CCOC(=O)[C@H]1CC[C@@H](c2ccnc3ccccc32)CC1. The molecule has 0 spiro atoms. The van der Waals surface area contributed by atoms with Gasteiger partial charge in [0.25, 0.3) is 0 Å². The van der Waals surface area contributed by atoms with E-state index in [2.05, 4.69) is 29.2 Å². The fourth-order valence-electron chi connectivity index (χ4n) is 3.37. The van der Waals surface area contributed by atoms with Crippen molar-refractivity contribution in [2.75, 3.05) is 6.61 Å². The number of esters is 1. The lowest BCUT2D eigenvalue weighted by molar-refractivity contribution is -0.149. The second-order valence-corrected chi connectivity index (χ2v) is 5.72. The maximum absolute atomic E-state index is 11.8. The normalized spacial score (nSPS) is 22.1. The highest BCUT2D eigenvalue weighted by Crippen LogP contribution is 2.38. The third kappa shape index (κ3) is 2.92. The van der Waals surface area contributed by atoms with E-state index < -0.39 is 0 Å². The van der Waals surface area contributed by atoms with Gasteiger partial charge >= 0.3 is 5.97 Å². The van der Waals surface area contributed by atoms with Gasteiger partial charge in [-0.2, -0.15) is 0 Å². The average molecular weight is 283 g/mol. The minimum absolute atomic E-state index is 0.0180.